The Morgan fingerprint density at radius 1 is 1.21 bits per heavy atom. The Morgan fingerprint density at radius 3 is 2.68 bits per heavy atom. The number of non-ortho nitro benzene ring substituents is 1. The number of hydrogen-bond acceptors (Lipinski definition) is 9. The van der Waals surface area contributed by atoms with Gasteiger partial charge in [-0.1, -0.05) is 41.6 Å². The Morgan fingerprint density at radius 2 is 1.97 bits per heavy atom. The third-order valence-electron chi connectivity index (χ3n) is 5.28. The number of thioether (sulfide) groups is 1. The third kappa shape index (κ3) is 5.88. The number of benzene rings is 3. The minimum Gasteiger partial charge on any atom is -0.504 e. The number of halogens is 1. The van der Waals surface area contributed by atoms with Crippen LogP contribution in [0.25, 0.3) is 6.08 Å². The standard InChI is InChI=1S/C25H18ClN3O7S2/c1-35-21-11-14(6-8-19(21)30)23(31)27-28-24(32)22(38-25(28)37)12-16-10-17(29(33)34)7-9-20(16)36-13-15-4-2-3-5-18(15)26/h2-12,30H,13H2,1H3,(H,27,31). The molecule has 0 bridgehead atoms. The maximum absolute atomic E-state index is 13.1. The van der Waals surface area contributed by atoms with Crippen LogP contribution in [0.15, 0.2) is 65.6 Å². The first-order chi connectivity index (χ1) is 18.2. The number of ether oxygens (including phenoxy) is 2. The van der Waals surface area contributed by atoms with Gasteiger partial charge in [-0.25, -0.2) is 0 Å². The molecule has 1 aliphatic heterocycles. The highest BCUT2D eigenvalue weighted by Crippen LogP contribution is 2.35. The first kappa shape index (κ1) is 26.9. The molecule has 3 aromatic carbocycles. The van der Waals surface area contributed by atoms with E-state index >= 15 is 0 Å². The SMILES string of the molecule is COc1cc(C(=O)NN2C(=O)C(=Cc3cc([N+](=O)[O-])ccc3OCc3ccccc3Cl)SC2=S)ccc1O. The molecule has 1 saturated heterocycles. The molecule has 0 atom stereocenters. The highest BCUT2D eigenvalue weighted by Gasteiger charge is 2.34. The fourth-order valence-electron chi connectivity index (χ4n) is 3.35. The van der Waals surface area contributed by atoms with E-state index in [9.17, 15) is 24.8 Å². The van der Waals surface area contributed by atoms with Gasteiger partial charge >= 0.3 is 0 Å². The Hall–Kier alpha value is -4.13. The smallest absolute Gasteiger partial charge is 0.285 e. The maximum Gasteiger partial charge on any atom is 0.285 e. The van der Waals surface area contributed by atoms with Crippen LogP contribution >= 0.6 is 35.6 Å². The number of aromatic hydroxyl groups is 1. The molecule has 194 valence electrons. The highest BCUT2D eigenvalue weighted by molar-refractivity contribution is 8.26. The summed E-state index contributed by atoms with van der Waals surface area (Å²) < 4.78 is 10.9. The lowest BCUT2D eigenvalue weighted by molar-refractivity contribution is -0.384. The summed E-state index contributed by atoms with van der Waals surface area (Å²) >= 11 is 12.4. The number of hydrogen-bond donors (Lipinski definition) is 2. The lowest BCUT2D eigenvalue weighted by Gasteiger charge is -2.16. The van der Waals surface area contributed by atoms with E-state index in [1.54, 1.807) is 24.3 Å². The van der Waals surface area contributed by atoms with Gasteiger partial charge in [-0.3, -0.25) is 25.1 Å². The quantitative estimate of drug-likeness (QED) is 0.164. The van der Waals surface area contributed by atoms with Crippen molar-refractivity contribution in [1.82, 2.24) is 10.4 Å². The number of nitrogens with one attached hydrogen (secondary N) is 1. The van der Waals surface area contributed by atoms with Crippen molar-refractivity contribution in [2.75, 3.05) is 7.11 Å². The number of carbonyl (C=O) groups excluding carboxylic acids is 2. The van der Waals surface area contributed by atoms with Crippen molar-refractivity contribution < 1.29 is 29.1 Å². The molecule has 1 aliphatic rings. The summed E-state index contributed by atoms with van der Waals surface area (Å²) in [6, 6.07) is 15.0. The van der Waals surface area contributed by atoms with Crippen molar-refractivity contribution in [2.45, 2.75) is 6.61 Å². The van der Waals surface area contributed by atoms with Crippen molar-refractivity contribution >= 4 is 63.5 Å². The van der Waals surface area contributed by atoms with E-state index in [1.165, 1.54) is 49.6 Å². The topological polar surface area (TPSA) is 131 Å². The third-order valence-corrected chi connectivity index (χ3v) is 6.95. The summed E-state index contributed by atoms with van der Waals surface area (Å²) in [5, 5.41) is 22.5. The lowest BCUT2D eigenvalue weighted by atomic mass is 10.1. The number of phenols is 1. The first-order valence-electron chi connectivity index (χ1n) is 10.8. The van der Waals surface area contributed by atoms with Crippen LogP contribution in [0.2, 0.25) is 5.02 Å². The normalized spacial score (nSPS) is 14.1. The van der Waals surface area contributed by atoms with E-state index in [2.05, 4.69) is 5.43 Å². The molecule has 38 heavy (non-hydrogen) atoms. The van der Waals surface area contributed by atoms with Crippen molar-refractivity contribution in [3.05, 3.63) is 97.4 Å². The van der Waals surface area contributed by atoms with Gasteiger partial charge in [0, 0.05) is 33.8 Å². The van der Waals surface area contributed by atoms with Crippen molar-refractivity contribution in [2.24, 2.45) is 0 Å². The number of rotatable bonds is 8. The molecule has 0 radical (unpaired) electrons. The molecule has 13 heteroatoms. The van der Waals surface area contributed by atoms with Gasteiger partial charge < -0.3 is 14.6 Å². The fourth-order valence-corrected chi connectivity index (χ4v) is 4.72. The Bertz CT molecular complexity index is 1500. The van der Waals surface area contributed by atoms with Gasteiger partial charge in [0.25, 0.3) is 17.5 Å². The summed E-state index contributed by atoms with van der Waals surface area (Å²) in [6.07, 6.45) is 1.41. The fraction of sp³-hybridized carbons (Fsp3) is 0.0800. The number of thiocarbonyl (C=S) groups is 1. The first-order valence-corrected chi connectivity index (χ1v) is 12.4. The minimum absolute atomic E-state index is 0.0457. The van der Waals surface area contributed by atoms with Crippen molar-refractivity contribution in [3.63, 3.8) is 0 Å². The van der Waals surface area contributed by atoms with Crippen LogP contribution < -0.4 is 14.9 Å². The summed E-state index contributed by atoms with van der Waals surface area (Å²) in [6.45, 7) is 0.0887. The van der Waals surface area contributed by atoms with Crippen molar-refractivity contribution in [1.29, 1.82) is 0 Å². The van der Waals surface area contributed by atoms with Crippen LogP contribution in [0, 0.1) is 10.1 Å². The molecular weight excluding hydrogens is 554 g/mol. The van der Waals surface area contributed by atoms with Gasteiger partial charge in [0.05, 0.1) is 16.9 Å². The van der Waals surface area contributed by atoms with E-state index in [0.717, 1.165) is 16.8 Å². The van der Waals surface area contributed by atoms with E-state index in [4.69, 9.17) is 33.3 Å². The number of hydrazine groups is 1. The molecule has 0 aromatic heterocycles. The zero-order chi connectivity index (χ0) is 27.4. The van der Waals surface area contributed by atoms with Crippen LogP contribution in [0.3, 0.4) is 0 Å². The average molecular weight is 572 g/mol. The number of nitrogens with zero attached hydrogens (tertiary/aromatic N) is 2. The van der Waals surface area contributed by atoms with Crippen molar-refractivity contribution in [3.8, 4) is 17.2 Å². The zero-order valence-electron chi connectivity index (χ0n) is 19.5. The van der Waals surface area contributed by atoms with E-state index in [-0.39, 0.29) is 49.9 Å². The van der Waals surface area contributed by atoms with E-state index < -0.39 is 16.7 Å². The number of nitro benzene ring substituents is 1. The van der Waals surface area contributed by atoms with Crippen LogP contribution in [0.4, 0.5) is 5.69 Å². The van der Waals surface area contributed by atoms with E-state index in [1.807, 2.05) is 0 Å². The van der Waals surface area contributed by atoms with Gasteiger partial charge in [0.1, 0.15) is 12.4 Å². The second-order valence-electron chi connectivity index (χ2n) is 7.70. The highest BCUT2D eigenvalue weighted by atomic mass is 35.5. The molecule has 3 aromatic rings. The molecule has 2 amide bonds. The van der Waals surface area contributed by atoms with Gasteiger partial charge in [-0.15, -0.1) is 0 Å². The number of amides is 2. The van der Waals surface area contributed by atoms with Gasteiger partial charge in [0.2, 0.25) is 0 Å². The molecule has 10 nitrogen and oxygen atoms in total. The summed E-state index contributed by atoms with van der Waals surface area (Å²) in [5.74, 6) is -1.09. The van der Waals surface area contributed by atoms with E-state index in [0.29, 0.717) is 10.6 Å². The molecule has 1 fully saturated rings. The molecule has 0 saturated carbocycles. The van der Waals surface area contributed by atoms with Gasteiger partial charge in [0.15, 0.2) is 15.8 Å². The summed E-state index contributed by atoms with van der Waals surface area (Å²) in [5.41, 5.74) is 3.32. The second kappa shape index (κ2) is 11.5. The van der Waals surface area contributed by atoms with Crippen LogP contribution in [-0.4, -0.2) is 38.3 Å². The molecule has 1 heterocycles. The van der Waals surface area contributed by atoms with Crippen LogP contribution in [0.1, 0.15) is 21.5 Å². The van der Waals surface area contributed by atoms with Gasteiger partial charge in [-0.05, 0) is 48.6 Å². The Balaban J connectivity index is 1.58. The molecule has 0 aliphatic carbocycles. The Kier molecular flexibility index (Phi) is 8.15. The molecular formula is C25H18ClN3O7S2. The molecule has 2 N–H and O–H groups in total. The van der Waals surface area contributed by atoms with Crippen LogP contribution in [-0.2, 0) is 11.4 Å². The predicted octanol–water partition coefficient (Wildman–Crippen LogP) is 5.09. The second-order valence-corrected chi connectivity index (χ2v) is 9.79. The predicted molar refractivity (Wildman–Crippen MR) is 146 cm³/mol. The minimum atomic E-state index is -0.667. The van der Waals surface area contributed by atoms with Gasteiger partial charge in [-0.2, -0.15) is 5.01 Å². The molecule has 4 rings (SSSR count). The van der Waals surface area contributed by atoms with Crippen LogP contribution in [0.5, 0.6) is 17.2 Å². The zero-order valence-corrected chi connectivity index (χ0v) is 21.9. The lowest BCUT2D eigenvalue weighted by Crippen LogP contribution is -2.44. The average Bonchev–Trinajstić information content (AvgIpc) is 3.16. The number of phenolic OH excluding ortho intramolecular Hbond substituents is 1. The monoisotopic (exact) mass is 571 g/mol. The Labute approximate surface area is 230 Å². The molecule has 0 unspecified atom stereocenters. The summed E-state index contributed by atoms with van der Waals surface area (Å²) in [7, 11) is 1.34. The number of carbonyl (C=O) groups is 2. The largest absolute Gasteiger partial charge is 0.504 e. The molecule has 0 spiro atoms. The number of methoxy groups -OCH3 is 1. The summed E-state index contributed by atoms with van der Waals surface area (Å²) in [4.78, 5) is 36.7. The maximum atomic E-state index is 13.1. The number of nitro groups is 1.